The van der Waals surface area contributed by atoms with Crippen LogP contribution in [-0.4, -0.2) is 16.4 Å². The van der Waals surface area contributed by atoms with Crippen molar-refractivity contribution in [1.82, 2.24) is 0 Å². The summed E-state index contributed by atoms with van der Waals surface area (Å²) in [5, 5.41) is 0. The first kappa shape index (κ1) is 11.4. The van der Waals surface area contributed by atoms with Gasteiger partial charge in [-0.05, 0) is 0 Å². The van der Waals surface area contributed by atoms with Crippen molar-refractivity contribution in [1.29, 1.82) is 0 Å². The molecule has 0 aromatic rings. The minimum absolute atomic E-state index is 0.512. The monoisotopic (exact) mass is 210 g/mol. The zero-order valence-corrected chi connectivity index (χ0v) is 8.63. The van der Waals surface area contributed by atoms with E-state index in [2.05, 4.69) is 13.2 Å². The Hall–Kier alpha value is 0.370. The van der Waals surface area contributed by atoms with Crippen LogP contribution in [0.5, 0.6) is 0 Å². The Morgan fingerprint density at radius 1 is 1.27 bits per heavy atom. The van der Waals surface area contributed by atoms with Crippen LogP contribution in [0.25, 0.3) is 0 Å². The minimum Gasteiger partial charge on any atom is -0.329 e. The highest BCUT2D eigenvalue weighted by Crippen LogP contribution is 2.65. The third kappa shape index (κ3) is 6.76. The molecule has 0 aliphatic heterocycles. The van der Waals surface area contributed by atoms with Gasteiger partial charge in [0.15, 0.2) is 0 Å². The maximum Gasteiger partial charge on any atom is 0.311 e. The number of rotatable bonds is 6. The van der Waals surface area contributed by atoms with E-state index in [4.69, 9.17) is 4.89 Å². The summed E-state index contributed by atoms with van der Waals surface area (Å²) in [6.07, 6.45) is 3.23. The van der Waals surface area contributed by atoms with Crippen LogP contribution in [0.15, 0.2) is 25.3 Å². The summed E-state index contributed by atoms with van der Waals surface area (Å²) in [5.74, 6) is -2.01. The van der Waals surface area contributed by atoms with Gasteiger partial charge in [-0.15, -0.1) is 13.2 Å². The Labute approximate surface area is 75.1 Å². The van der Waals surface area contributed by atoms with E-state index >= 15 is 0 Å². The lowest BCUT2D eigenvalue weighted by Gasteiger charge is -2.05. The smallest absolute Gasteiger partial charge is 0.311 e. The molecule has 0 saturated carbocycles. The maximum atomic E-state index is 11.1. The molecule has 0 aliphatic rings. The van der Waals surface area contributed by atoms with E-state index in [1.165, 1.54) is 0 Å². The molecule has 0 bridgehead atoms. The Morgan fingerprint density at radius 3 is 1.91 bits per heavy atom. The second-order valence-corrected chi connectivity index (χ2v) is 8.97. The third-order valence-electron chi connectivity index (χ3n) is 0.711. The van der Waals surface area contributed by atoms with Gasteiger partial charge in [-0.3, -0.25) is 4.57 Å². The first-order chi connectivity index (χ1) is 5.12. The van der Waals surface area contributed by atoms with Crippen molar-refractivity contribution in [3.8, 4) is 0 Å². The van der Waals surface area contributed by atoms with Crippen LogP contribution >= 0.6 is 28.5 Å². The van der Waals surface area contributed by atoms with Crippen LogP contribution < -0.4 is 0 Å². The van der Waals surface area contributed by atoms with Gasteiger partial charge in [-0.2, -0.15) is 0 Å². The average Bonchev–Trinajstić information content (AvgIpc) is 1.97. The second-order valence-electron chi connectivity index (χ2n) is 1.64. The highest BCUT2D eigenvalue weighted by molar-refractivity contribution is 8.89. The highest BCUT2D eigenvalue weighted by atomic mass is 33.1. The van der Waals surface area contributed by atoms with Crippen molar-refractivity contribution in [3.05, 3.63) is 25.3 Å². The third-order valence-corrected chi connectivity index (χ3v) is 6.88. The van der Waals surface area contributed by atoms with Gasteiger partial charge in [0.1, 0.15) is 0 Å². The molecule has 0 rings (SSSR count). The molecule has 2 nitrogen and oxygen atoms in total. The molecule has 5 heteroatoms. The lowest BCUT2D eigenvalue weighted by atomic mass is 10.8. The van der Waals surface area contributed by atoms with Crippen molar-refractivity contribution >= 4 is 28.5 Å². The molecule has 64 valence electrons. The van der Waals surface area contributed by atoms with E-state index in [1.54, 1.807) is 12.2 Å². The molecule has 0 saturated heterocycles. The van der Waals surface area contributed by atoms with Crippen LogP contribution in [-0.2, 0) is 4.57 Å². The van der Waals surface area contributed by atoms with Gasteiger partial charge in [0, 0.05) is 11.5 Å². The molecule has 0 fully saturated rings. The largest absolute Gasteiger partial charge is 0.329 e. The summed E-state index contributed by atoms with van der Waals surface area (Å²) < 4.78 is 11.1. The Bertz CT molecular complexity index is 165. The van der Waals surface area contributed by atoms with Crippen molar-refractivity contribution in [2.75, 3.05) is 11.5 Å². The van der Waals surface area contributed by atoms with Gasteiger partial charge in [-0.1, -0.05) is 34.9 Å². The lowest BCUT2D eigenvalue weighted by molar-refractivity contribution is 0.514. The van der Waals surface area contributed by atoms with Crippen LogP contribution in [0.1, 0.15) is 0 Å². The van der Waals surface area contributed by atoms with Gasteiger partial charge < -0.3 is 4.89 Å². The minimum atomic E-state index is -3.03. The van der Waals surface area contributed by atoms with Crippen LogP contribution in [0, 0.1) is 0 Å². The van der Waals surface area contributed by atoms with Crippen molar-refractivity contribution in [2.24, 2.45) is 0 Å². The average molecular weight is 210 g/mol. The molecule has 0 aromatic heterocycles. The van der Waals surface area contributed by atoms with E-state index in [0.717, 1.165) is 22.8 Å². The topological polar surface area (TPSA) is 37.3 Å². The normalized spacial score (nSPS) is 11.0. The SMILES string of the molecule is C=CCSP(=O)(O)SCC=C. The second kappa shape index (κ2) is 5.95. The molecule has 0 unspecified atom stereocenters. The molecule has 0 aromatic carbocycles. The van der Waals surface area contributed by atoms with E-state index in [9.17, 15) is 4.57 Å². The van der Waals surface area contributed by atoms with E-state index < -0.39 is 5.77 Å². The standard InChI is InChI=1S/C6H11O2PS2/c1-3-5-10-9(7,8)11-6-4-2/h3-4H,1-2,5-6H2,(H,7,8). The number of hydrogen-bond acceptors (Lipinski definition) is 3. The van der Waals surface area contributed by atoms with Crippen LogP contribution in [0.2, 0.25) is 0 Å². The molecular weight excluding hydrogens is 199 g/mol. The summed E-state index contributed by atoms with van der Waals surface area (Å²) in [6, 6.07) is 0. The Kier molecular flexibility index (Phi) is 6.15. The summed E-state index contributed by atoms with van der Waals surface area (Å²) in [7, 11) is 0. The summed E-state index contributed by atoms with van der Waals surface area (Å²) in [4.78, 5) is 9.16. The highest BCUT2D eigenvalue weighted by Gasteiger charge is 2.17. The molecule has 0 heterocycles. The van der Waals surface area contributed by atoms with Crippen molar-refractivity contribution in [3.63, 3.8) is 0 Å². The fourth-order valence-electron chi connectivity index (χ4n) is 0.331. The zero-order chi connectivity index (χ0) is 8.74. The number of hydrogen-bond donors (Lipinski definition) is 1. The predicted octanol–water partition coefficient (Wildman–Crippen LogP) is 2.93. The molecule has 1 N–H and O–H groups in total. The predicted molar refractivity (Wildman–Crippen MR) is 55.1 cm³/mol. The molecular formula is C6H11O2PS2. The van der Waals surface area contributed by atoms with Crippen molar-refractivity contribution in [2.45, 2.75) is 0 Å². The van der Waals surface area contributed by atoms with Crippen molar-refractivity contribution < 1.29 is 9.46 Å². The van der Waals surface area contributed by atoms with E-state index in [0.29, 0.717) is 11.5 Å². The summed E-state index contributed by atoms with van der Waals surface area (Å²) in [6.45, 7) is 6.92. The molecule has 0 radical (unpaired) electrons. The molecule has 0 atom stereocenters. The van der Waals surface area contributed by atoms with Gasteiger partial charge >= 0.3 is 5.77 Å². The Balaban J connectivity index is 3.69. The zero-order valence-electron chi connectivity index (χ0n) is 6.10. The van der Waals surface area contributed by atoms with E-state index in [1.807, 2.05) is 0 Å². The Morgan fingerprint density at radius 2 is 1.64 bits per heavy atom. The fraction of sp³-hybridized carbons (Fsp3) is 0.333. The lowest BCUT2D eigenvalue weighted by Crippen LogP contribution is -1.72. The van der Waals surface area contributed by atoms with Crippen LogP contribution in [0.4, 0.5) is 0 Å². The van der Waals surface area contributed by atoms with E-state index in [-0.39, 0.29) is 0 Å². The first-order valence-electron chi connectivity index (χ1n) is 2.96. The molecule has 0 spiro atoms. The maximum absolute atomic E-state index is 11.1. The first-order valence-corrected chi connectivity index (χ1v) is 7.80. The summed E-state index contributed by atoms with van der Waals surface area (Å²) in [5.41, 5.74) is 0. The van der Waals surface area contributed by atoms with Crippen LogP contribution in [0.3, 0.4) is 0 Å². The molecule has 0 amide bonds. The van der Waals surface area contributed by atoms with Gasteiger partial charge in [-0.25, -0.2) is 0 Å². The fourth-order valence-corrected chi connectivity index (χ4v) is 4.75. The quantitative estimate of drug-likeness (QED) is 0.540. The molecule has 11 heavy (non-hydrogen) atoms. The van der Waals surface area contributed by atoms with Gasteiger partial charge in [0.05, 0.1) is 0 Å². The van der Waals surface area contributed by atoms with Gasteiger partial charge in [0.2, 0.25) is 0 Å². The molecule has 0 aliphatic carbocycles. The summed E-state index contributed by atoms with van der Waals surface area (Å²) >= 11 is 2.05. The van der Waals surface area contributed by atoms with Gasteiger partial charge in [0.25, 0.3) is 0 Å².